The van der Waals surface area contributed by atoms with E-state index in [-0.39, 0.29) is 5.41 Å². The van der Waals surface area contributed by atoms with Gasteiger partial charge in [-0.05, 0) is 16.9 Å². The molecule has 1 saturated carbocycles. The van der Waals surface area contributed by atoms with Crippen LogP contribution in [0.2, 0.25) is 0 Å². The first-order valence-corrected chi connectivity index (χ1v) is 8.10. The normalized spacial score (nSPS) is 17.8. The third kappa shape index (κ3) is 4.19. The first-order chi connectivity index (χ1) is 9.47. The van der Waals surface area contributed by atoms with Gasteiger partial charge in [-0.15, -0.1) is 0 Å². The minimum absolute atomic E-state index is 0.156. The summed E-state index contributed by atoms with van der Waals surface area (Å²) in [5.74, 6) is 0.949. The molecule has 0 aliphatic heterocycles. The van der Waals surface area contributed by atoms with Crippen LogP contribution in [0, 0.1) is 5.92 Å². The summed E-state index contributed by atoms with van der Waals surface area (Å²) in [5.41, 5.74) is 2.34. The van der Waals surface area contributed by atoms with Crippen molar-refractivity contribution in [2.75, 3.05) is 0 Å². The molecule has 0 amide bonds. The molecule has 1 aromatic carbocycles. The highest BCUT2D eigenvalue weighted by molar-refractivity contribution is 5.96. The molecule has 1 aromatic rings. The summed E-state index contributed by atoms with van der Waals surface area (Å²) in [6.45, 7) is 6.61. The maximum Gasteiger partial charge on any atom is 0.163 e. The average molecular weight is 272 g/mol. The Morgan fingerprint density at radius 3 is 2.05 bits per heavy atom. The van der Waals surface area contributed by atoms with Crippen molar-refractivity contribution in [2.45, 2.75) is 71.1 Å². The van der Waals surface area contributed by atoms with E-state index in [1.54, 1.807) is 0 Å². The molecule has 1 aliphatic rings. The molecule has 0 aromatic heterocycles. The number of carbonyl (C=O) groups is 1. The fraction of sp³-hybridized carbons (Fsp3) is 0.632. The van der Waals surface area contributed by atoms with Gasteiger partial charge in [0.05, 0.1) is 0 Å². The van der Waals surface area contributed by atoms with Crippen LogP contribution >= 0.6 is 0 Å². The molecular weight excluding hydrogens is 244 g/mol. The highest BCUT2D eigenvalue weighted by Crippen LogP contribution is 2.27. The standard InChI is InChI=1S/C19H28O/c1-19(2,3)17-12-10-16(11-13-17)18(20)14-15-8-6-4-5-7-9-15/h10-13,15H,4-9,14H2,1-3H3. The second-order valence-electron chi connectivity index (χ2n) is 7.31. The zero-order chi connectivity index (χ0) is 14.6. The Bertz CT molecular complexity index is 428. The molecule has 0 unspecified atom stereocenters. The Morgan fingerprint density at radius 2 is 1.55 bits per heavy atom. The third-order valence-electron chi connectivity index (χ3n) is 4.52. The predicted octanol–water partition coefficient (Wildman–Crippen LogP) is 5.53. The van der Waals surface area contributed by atoms with E-state index in [0.717, 1.165) is 12.0 Å². The lowest BCUT2D eigenvalue weighted by molar-refractivity contribution is 0.0957. The number of carbonyl (C=O) groups excluding carboxylic acids is 1. The summed E-state index contributed by atoms with van der Waals surface area (Å²) < 4.78 is 0. The Kier molecular flexibility index (Phi) is 5.01. The summed E-state index contributed by atoms with van der Waals surface area (Å²) in [5, 5.41) is 0. The van der Waals surface area contributed by atoms with Crippen molar-refractivity contribution in [1.29, 1.82) is 0 Å². The zero-order valence-corrected chi connectivity index (χ0v) is 13.2. The number of hydrogen-bond donors (Lipinski definition) is 0. The molecule has 0 saturated heterocycles. The first-order valence-electron chi connectivity index (χ1n) is 8.10. The SMILES string of the molecule is CC(C)(C)c1ccc(C(=O)CC2CCCCCC2)cc1. The van der Waals surface area contributed by atoms with Gasteiger partial charge in [0.25, 0.3) is 0 Å². The Labute approximate surface area is 123 Å². The van der Waals surface area contributed by atoms with Crippen molar-refractivity contribution in [2.24, 2.45) is 5.92 Å². The van der Waals surface area contributed by atoms with Crippen LogP contribution in [0.3, 0.4) is 0 Å². The zero-order valence-electron chi connectivity index (χ0n) is 13.2. The van der Waals surface area contributed by atoms with Crippen LogP contribution in [-0.4, -0.2) is 5.78 Å². The second kappa shape index (κ2) is 6.56. The van der Waals surface area contributed by atoms with Gasteiger partial charge in [0.2, 0.25) is 0 Å². The maximum atomic E-state index is 12.4. The molecule has 0 heterocycles. The summed E-state index contributed by atoms with van der Waals surface area (Å²) >= 11 is 0. The maximum absolute atomic E-state index is 12.4. The summed E-state index contributed by atoms with van der Waals surface area (Å²) in [7, 11) is 0. The highest BCUT2D eigenvalue weighted by Gasteiger charge is 2.18. The van der Waals surface area contributed by atoms with Crippen molar-refractivity contribution in [3.8, 4) is 0 Å². The molecule has 1 fully saturated rings. The van der Waals surface area contributed by atoms with Crippen LogP contribution in [0.1, 0.15) is 81.6 Å². The molecule has 0 bridgehead atoms. The minimum atomic E-state index is 0.156. The number of benzene rings is 1. The molecule has 0 radical (unpaired) electrons. The Morgan fingerprint density at radius 1 is 1.00 bits per heavy atom. The molecule has 0 spiro atoms. The van der Waals surface area contributed by atoms with E-state index in [1.165, 1.54) is 44.1 Å². The van der Waals surface area contributed by atoms with E-state index >= 15 is 0 Å². The Balaban J connectivity index is 1.98. The number of Topliss-reactive ketones (excluding diaryl/α,β-unsaturated/α-hetero) is 1. The van der Waals surface area contributed by atoms with Crippen LogP contribution < -0.4 is 0 Å². The van der Waals surface area contributed by atoms with Crippen molar-refractivity contribution in [1.82, 2.24) is 0 Å². The van der Waals surface area contributed by atoms with Crippen LogP contribution in [-0.2, 0) is 5.41 Å². The molecule has 0 atom stereocenters. The van der Waals surface area contributed by atoms with Crippen LogP contribution in [0.5, 0.6) is 0 Å². The molecule has 20 heavy (non-hydrogen) atoms. The van der Waals surface area contributed by atoms with Gasteiger partial charge in [-0.1, -0.05) is 83.6 Å². The number of rotatable bonds is 3. The summed E-state index contributed by atoms with van der Waals surface area (Å²) in [6, 6.07) is 8.25. The van der Waals surface area contributed by atoms with E-state index in [9.17, 15) is 4.79 Å². The van der Waals surface area contributed by atoms with Crippen LogP contribution in [0.15, 0.2) is 24.3 Å². The molecule has 110 valence electrons. The van der Waals surface area contributed by atoms with Gasteiger partial charge < -0.3 is 0 Å². The second-order valence-corrected chi connectivity index (χ2v) is 7.31. The smallest absolute Gasteiger partial charge is 0.163 e. The van der Waals surface area contributed by atoms with Crippen molar-refractivity contribution in [3.63, 3.8) is 0 Å². The lowest BCUT2D eigenvalue weighted by Crippen LogP contribution is -2.12. The van der Waals surface area contributed by atoms with Crippen molar-refractivity contribution >= 4 is 5.78 Å². The number of hydrogen-bond acceptors (Lipinski definition) is 1. The quantitative estimate of drug-likeness (QED) is 0.522. The van der Waals surface area contributed by atoms with E-state index in [4.69, 9.17) is 0 Å². The average Bonchev–Trinajstić information content (AvgIpc) is 2.66. The van der Waals surface area contributed by atoms with E-state index in [1.807, 2.05) is 12.1 Å². The first kappa shape index (κ1) is 15.3. The minimum Gasteiger partial charge on any atom is -0.294 e. The Hall–Kier alpha value is -1.11. The molecule has 1 heteroatoms. The highest BCUT2D eigenvalue weighted by atomic mass is 16.1. The molecular formula is C19H28O. The van der Waals surface area contributed by atoms with Crippen LogP contribution in [0.4, 0.5) is 0 Å². The molecule has 1 nitrogen and oxygen atoms in total. The van der Waals surface area contributed by atoms with Gasteiger partial charge in [-0.25, -0.2) is 0 Å². The summed E-state index contributed by atoms with van der Waals surface area (Å²) in [4.78, 5) is 12.4. The van der Waals surface area contributed by atoms with Gasteiger partial charge in [0, 0.05) is 12.0 Å². The fourth-order valence-electron chi connectivity index (χ4n) is 3.10. The van der Waals surface area contributed by atoms with Gasteiger partial charge in [-0.2, -0.15) is 0 Å². The van der Waals surface area contributed by atoms with E-state index < -0.39 is 0 Å². The third-order valence-corrected chi connectivity index (χ3v) is 4.52. The fourth-order valence-corrected chi connectivity index (χ4v) is 3.10. The van der Waals surface area contributed by atoms with Gasteiger partial charge >= 0.3 is 0 Å². The largest absolute Gasteiger partial charge is 0.294 e. The van der Waals surface area contributed by atoms with Crippen LogP contribution in [0.25, 0.3) is 0 Å². The summed E-state index contributed by atoms with van der Waals surface area (Å²) in [6.07, 6.45) is 8.55. The topological polar surface area (TPSA) is 17.1 Å². The van der Waals surface area contributed by atoms with Gasteiger partial charge in [-0.3, -0.25) is 4.79 Å². The lowest BCUT2D eigenvalue weighted by Gasteiger charge is -2.19. The van der Waals surface area contributed by atoms with E-state index in [0.29, 0.717) is 11.7 Å². The monoisotopic (exact) mass is 272 g/mol. The van der Waals surface area contributed by atoms with E-state index in [2.05, 4.69) is 32.9 Å². The predicted molar refractivity (Wildman–Crippen MR) is 85.3 cm³/mol. The van der Waals surface area contributed by atoms with Crippen molar-refractivity contribution < 1.29 is 4.79 Å². The molecule has 1 aliphatic carbocycles. The molecule has 2 rings (SSSR count). The van der Waals surface area contributed by atoms with Gasteiger partial charge in [0.15, 0.2) is 5.78 Å². The lowest BCUT2D eigenvalue weighted by atomic mass is 9.85. The van der Waals surface area contributed by atoms with Crippen molar-refractivity contribution in [3.05, 3.63) is 35.4 Å². The van der Waals surface area contributed by atoms with Gasteiger partial charge in [0.1, 0.15) is 0 Å². The number of ketones is 1. The molecule has 0 N–H and O–H groups in total.